The molecule has 1 saturated carbocycles. The van der Waals surface area contributed by atoms with E-state index in [0.717, 1.165) is 63.3 Å². The largest absolute Gasteiger partial charge is 0.457 e. The third-order valence-corrected chi connectivity index (χ3v) is 8.22. The molecule has 1 fully saturated rings. The van der Waals surface area contributed by atoms with Crippen molar-refractivity contribution in [3.05, 3.63) is 76.7 Å². The van der Waals surface area contributed by atoms with Crippen LogP contribution in [0.5, 0.6) is 11.5 Å². The summed E-state index contributed by atoms with van der Waals surface area (Å²) in [5.41, 5.74) is 4.48. The molecule has 5 aromatic rings. The molecule has 0 spiro atoms. The van der Waals surface area contributed by atoms with E-state index in [0.29, 0.717) is 16.3 Å². The van der Waals surface area contributed by atoms with Crippen LogP contribution in [0.1, 0.15) is 41.4 Å². The van der Waals surface area contributed by atoms with Crippen LogP contribution in [0.3, 0.4) is 0 Å². The summed E-state index contributed by atoms with van der Waals surface area (Å²) in [7, 11) is 0. The third-order valence-electron chi connectivity index (χ3n) is 7.12. The number of thiophene rings is 1. The summed E-state index contributed by atoms with van der Waals surface area (Å²) in [5, 5.41) is 4.21. The zero-order valence-electron chi connectivity index (χ0n) is 20.4. The molecule has 1 amide bonds. The molecule has 2 atom stereocenters. The quantitative estimate of drug-likeness (QED) is 0.301. The summed E-state index contributed by atoms with van der Waals surface area (Å²) >= 11 is 1.43. The number of nitrogens with one attached hydrogen (secondary N) is 2. The van der Waals surface area contributed by atoms with Crippen LogP contribution in [0, 0.1) is 12.8 Å². The van der Waals surface area contributed by atoms with E-state index in [9.17, 15) is 4.79 Å². The molecule has 3 aromatic heterocycles. The number of rotatable bonds is 5. The third kappa shape index (κ3) is 3.89. The number of amides is 1. The predicted molar refractivity (Wildman–Crippen MR) is 146 cm³/mol. The first-order valence-corrected chi connectivity index (χ1v) is 13.1. The summed E-state index contributed by atoms with van der Waals surface area (Å²) in [5.74, 6) is 2.04. The first kappa shape index (κ1) is 22.6. The summed E-state index contributed by atoms with van der Waals surface area (Å²) < 4.78 is 8.11. The van der Waals surface area contributed by atoms with Crippen LogP contribution in [0.2, 0.25) is 0 Å². The Morgan fingerprint density at radius 2 is 2.00 bits per heavy atom. The first-order chi connectivity index (χ1) is 17.5. The number of aryl methyl sites for hydroxylation is 1. The number of carbonyl (C=O) groups is 1. The lowest BCUT2D eigenvalue weighted by atomic mass is 10.1. The van der Waals surface area contributed by atoms with Gasteiger partial charge in [-0.25, -0.2) is 4.98 Å². The van der Waals surface area contributed by atoms with E-state index in [-0.39, 0.29) is 11.9 Å². The minimum atomic E-state index is -0.0370. The summed E-state index contributed by atoms with van der Waals surface area (Å²) in [4.78, 5) is 22.8. The maximum absolute atomic E-state index is 13.3. The Hall–Kier alpha value is -3.84. The van der Waals surface area contributed by atoms with Crippen LogP contribution in [0.25, 0.3) is 33.5 Å². The minimum Gasteiger partial charge on any atom is -0.457 e. The topological polar surface area (TPSA) is 71.9 Å². The van der Waals surface area contributed by atoms with Crippen molar-refractivity contribution < 1.29 is 9.53 Å². The number of nitrogens with zero attached hydrogens (tertiary/aromatic N) is 2. The van der Waals surface area contributed by atoms with E-state index in [1.165, 1.54) is 11.3 Å². The maximum Gasteiger partial charge on any atom is 0.263 e. The average molecular weight is 497 g/mol. The van der Waals surface area contributed by atoms with Crippen molar-refractivity contribution in [3.63, 3.8) is 0 Å². The first-order valence-electron chi connectivity index (χ1n) is 12.3. The second-order valence-corrected chi connectivity index (χ2v) is 10.6. The molecule has 0 saturated heterocycles. The average Bonchev–Trinajstić information content (AvgIpc) is 3.45. The van der Waals surface area contributed by atoms with Gasteiger partial charge in [-0.05, 0) is 67.6 Å². The lowest BCUT2D eigenvalue weighted by molar-refractivity contribution is 0.0935. The van der Waals surface area contributed by atoms with Crippen LogP contribution in [0.15, 0.2) is 60.8 Å². The molecule has 2 N–H and O–H groups in total. The fourth-order valence-corrected chi connectivity index (χ4v) is 6.28. The number of H-pyrrole nitrogens is 1. The number of aromatic amines is 1. The van der Waals surface area contributed by atoms with Crippen molar-refractivity contribution in [3.8, 4) is 17.2 Å². The molecular formula is C29H28N4O2S. The van der Waals surface area contributed by atoms with Gasteiger partial charge in [0.15, 0.2) is 0 Å². The van der Waals surface area contributed by atoms with Crippen LogP contribution in [0.4, 0.5) is 0 Å². The Morgan fingerprint density at radius 3 is 2.75 bits per heavy atom. The Balaban J connectivity index is 1.42. The molecule has 1 aliphatic carbocycles. The molecule has 182 valence electrons. The highest BCUT2D eigenvalue weighted by Gasteiger charge is 2.27. The zero-order valence-corrected chi connectivity index (χ0v) is 21.2. The Bertz CT molecular complexity index is 1650. The van der Waals surface area contributed by atoms with E-state index in [2.05, 4.69) is 40.3 Å². The fourth-order valence-electron chi connectivity index (χ4n) is 5.25. The second kappa shape index (κ2) is 8.99. The zero-order chi connectivity index (χ0) is 24.8. The highest BCUT2D eigenvalue weighted by atomic mass is 32.1. The van der Waals surface area contributed by atoms with Crippen molar-refractivity contribution in [1.29, 1.82) is 0 Å². The Morgan fingerprint density at radius 1 is 1.17 bits per heavy atom. The molecular weight excluding hydrogens is 468 g/mol. The van der Waals surface area contributed by atoms with Gasteiger partial charge in [-0.1, -0.05) is 38.1 Å². The van der Waals surface area contributed by atoms with Crippen molar-refractivity contribution in [2.24, 2.45) is 5.92 Å². The summed E-state index contributed by atoms with van der Waals surface area (Å²) in [6, 6.07) is 18.0. The second-order valence-electron chi connectivity index (χ2n) is 9.58. The highest BCUT2D eigenvalue weighted by Crippen LogP contribution is 2.35. The van der Waals surface area contributed by atoms with Crippen LogP contribution < -0.4 is 15.5 Å². The normalized spacial score (nSPS) is 17.6. The van der Waals surface area contributed by atoms with Gasteiger partial charge in [0.1, 0.15) is 26.7 Å². The van der Waals surface area contributed by atoms with E-state index < -0.39 is 0 Å². The number of ether oxygens (including phenoxy) is 1. The molecule has 6 nitrogen and oxygen atoms in total. The number of carbonyl (C=O) groups excluding carboxylic acids is 1. The van der Waals surface area contributed by atoms with Crippen LogP contribution >= 0.6 is 11.3 Å². The van der Waals surface area contributed by atoms with Gasteiger partial charge in [0.05, 0.1) is 22.1 Å². The van der Waals surface area contributed by atoms with Gasteiger partial charge in [-0.2, -0.15) is 0 Å². The van der Waals surface area contributed by atoms with Crippen molar-refractivity contribution in [1.82, 2.24) is 19.9 Å². The van der Waals surface area contributed by atoms with Gasteiger partial charge >= 0.3 is 0 Å². The van der Waals surface area contributed by atoms with E-state index in [4.69, 9.17) is 4.74 Å². The standard InChI is InChI=1S/C29H28N4O2S/c1-17-8-7-11-22(17)32-28(34)27-26-25-24(14-15-30-29(25)36-27)33(19(3)31-26)23-13-12-21(16-18(23)2)35-20-9-5-4-6-10-20/h4-6,9-10,12-17,22,31H,3,7-8,11H2,1-2H3,(H,32,34)/t17-,22?/m0/s1. The minimum absolute atomic E-state index is 0.0370. The van der Waals surface area contributed by atoms with Crippen molar-refractivity contribution in [2.75, 3.05) is 0 Å². The molecule has 2 aromatic carbocycles. The highest BCUT2D eigenvalue weighted by molar-refractivity contribution is 7.21. The summed E-state index contributed by atoms with van der Waals surface area (Å²) in [6.45, 7) is 8.59. The van der Waals surface area contributed by atoms with Crippen molar-refractivity contribution >= 4 is 45.1 Å². The molecule has 36 heavy (non-hydrogen) atoms. The molecule has 1 aliphatic rings. The van der Waals surface area contributed by atoms with Gasteiger partial charge in [0, 0.05) is 12.2 Å². The lowest BCUT2D eigenvalue weighted by Crippen LogP contribution is -2.36. The van der Waals surface area contributed by atoms with E-state index in [1.807, 2.05) is 54.6 Å². The molecule has 3 heterocycles. The summed E-state index contributed by atoms with van der Waals surface area (Å²) in [6.07, 6.45) is 5.16. The molecule has 7 heteroatoms. The molecule has 0 bridgehead atoms. The Labute approximate surface area is 213 Å². The number of aromatic nitrogens is 3. The van der Waals surface area contributed by atoms with Gasteiger partial charge < -0.3 is 15.0 Å². The SMILES string of the molecule is C=c1[nH]c2c(C(=O)NC3CCC[C@@H]3C)sc3nccc(c32)n1-c1ccc(Oc2ccccc2)cc1C. The molecule has 6 rings (SSSR count). The van der Waals surface area contributed by atoms with Gasteiger partial charge in [-0.3, -0.25) is 9.36 Å². The number of hydrogen-bond acceptors (Lipinski definition) is 4. The monoisotopic (exact) mass is 496 g/mol. The number of benzene rings is 2. The van der Waals surface area contributed by atoms with Crippen LogP contribution in [-0.2, 0) is 0 Å². The van der Waals surface area contributed by atoms with Crippen LogP contribution in [-0.4, -0.2) is 26.5 Å². The molecule has 1 unspecified atom stereocenters. The number of pyridine rings is 1. The molecule has 0 aliphatic heterocycles. The van der Waals surface area contributed by atoms with E-state index in [1.54, 1.807) is 6.20 Å². The van der Waals surface area contributed by atoms with Gasteiger partial charge in [0.2, 0.25) is 0 Å². The Kier molecular flexibility index (Phi) is 5.64. The van der Waals surface area contributed by atoms with Gasteiger partial charge in [-0.15, -0.1) is 11.3 Å². The lowest BCUT2D eigenvalue weighted by Gasteiger charge is -2.18. The van der Waals surface area contributed by atoms with E-state index >= 15 is 0 Å². The molecule has 0 radical (unpaired) electrons. The van der Waals surface area contributed by atoms with Crippen molar-refractivity contribution in [2.45, 2.75) is 39.2 Å². The van der Waals surface area contributed by atoms with Gasteiger partial charge in [0.25, 0.3) is 5.91 Å². The fraction of sp³-hybridized carbons (Fsp3) is 0.241. The number of hydrogen-bond donors (Lipinski definition) is 2. The number of para-hydroxylation sites is 1. The maximum atomic E-state index is 13.3. The smallest absolute Gasteiger partial charge is 0.263 e. The predicted octanol–water partition coefficient (Wildman–Crippen LogP) is 6.28.